The zero-order valence-corrected chi connectivity index (χ0v) is 25.0. The molecular weight excluding hydrogens is 575 g/mol. The van der Waals surface area contributed by atoms with Gasteiger partial charge in [0.15, 0.2) is 17.7 Å². The van der Waals surface area contributed by atoms with Crippen molar-refractivity contribution in [2.45, 2.75) is 51.4 Å². The number of aromatic nitrogens is 4. The van der Waals surface area contributed by atoms with Crippen molar-refractivity contribution in [3.8, 4) is 29.0 Å². The largest absolute Gasteiger partial charge is 0.493 e. The number of hydrogen-bond acceptors (Lipinski definition) is 8. The Morgan fingerprint density at radius 3 is 2.57 bits per heavy atom. The highest BCUT2D eigenvalue weighted by Crippen LogP contribution is 2.54. The molecule has 7 rings (SSSR count). The quantitative estimate of drug-likeness (QED) is 0.220. The average molecular weight is 606 g/mol. The van der Waals surface area contributed by atoms with Crippen molar-refractivity contribution in [2.75, 3.05) is 31.7 Å². The normalized spacial score (nSPS) is 19.8. The first-order chi connectivity index (χ1) is 20.4. The molecule has 1 aliphatic carbocycles. The van der Waals surface area contributed by atoms with Crippen molar-refractivity contribution in [3.63, 3.8) is 0 Å². The van der Waals surface area contributed by atoms with Crippen molar-refractivity contribution >= 4 is 39.9 Å². The van der Waals surface area contributed by atoms with Crippen LogP contribution < -0.4 is 14.4 Å². The molecule has 2 saturated heterocycles. The predicted octanol–water partition coefficient (Wildman–Crippen LogP) is 7.12. The van der Waals surface area contributed by atoms with Gasteiger partial charge in [-0.25, -0.2) is 9.67 Å². The predicted molar refractivity (Wildman–Crippen MR) is 160 cm³/mol. The lowest BCUT2D eigenvalue weighted by atomic mass is 9.96. The van der Waals surface area contributed by atoms with E-state index in [0.717, 1.165) is 43.3 Å². The molecule has 1 spiro atoms. The third-order valence-corrected chi connectivity index (χ3v) is 9.17. The Bertz CT molecular complexity index is 1700. The first-order valence-corrected chi connectivity index (χ1v) is 15.0. The topological polar surface area (TPSA) is 98.3 Å². The first kappa shape index (κ1) is 27.3. The van der Waals surface area contributed by atoms with Crippen LogP contribution in [0.25, 0.3) is 22.3 Å². The number of hydrogen-bond donors (Lipinski definition) is 0. The molecule has 4 aromatic rings. The number of rotatable bonds is 7. The molecule has 2 atom stereocenters. The second-order valence-electron chi connectivity index (χ2n) is 11.4. The fourth-order valence-corrected chi connectivity index (χ4v) is 6.77. The third-order valence-electron chi connectivity index (χ3n) is 8.57. The third kappa shape index (κ3) is 4.72. The maximum atomic E-state index is 9.85. The van der Waals surface area contributed by atoms with Crippen LogP contribution in [0.4, 0.5) is 5.82 Å². The van der Waals surface area contributed by atoms with Crippen molar-refractivity contribution < 1.29 is 14.2 Å². The summed E-state index contributed by atoms with van der Waals surface area (Å²) >= 11 is 12.9. The Labute approximate surface area is 253 Å². The number of benzene rings is 1. The molecule has 1 aromatic carbocycles. The number of fused-ring (bicyclic) bond motifs is 1. The maximum absolute atomic E-state index is 9.85. The summed E-state index contributed by atoms with van der Waals surface area (Å²) in [6.45, 7) is 4.44. The molecule has 42 heavy (non-hydrogen) atoms. The average Bonchev–Trinajstić information content (AvgIpc) is 3.71. The zero-order valence-electron chi connectivity index (χ0n) is 23.4. The van der Waals surface area contributed by atoms with Gasteiger partial charge in [-0.2, -0.15) is 10.4 Å². The zero-order chi connectivity index (χ0) is 29.0. The molecule has 9 nitrogen and oxygen atoms in total. The Kier molecular flexibility index (Phi) is 6.88. The lowest BCUT2D eigenvalue weighted by Crippen LogP contribution is -2.49. The molecule has 11 heteroatoms. The highest BCUT2D eigenvalue weighted by atomic mass is 35.5. The number of methoxy groups -OCH3 is 1. The summed E-state index contributed by atoms with van der Waals surface area (Å²) in [5.74, 6) is 1.77. The molecule has 0 N–H and O–H groups in total. The van der Waals surface area contributed by atoms with E-state index in [4.69, 9.17) is 47.5 Å². The highest BCUT2D eigenvalue weighted by molar-refractivity contribution is 6.35. The summed E-state index contributed by atoms with van der Waals surface area (Å²) in [7, 11) is 1.61. The van der Waals surface area contributed by atoms with Crippen LogP contribution in [0.3, 0.4) is 0 Å². The minimum Gasteiger partial charge on any atom is -0.493 e. The number of pyridine rings is 2. The summed E-state index contributed by atoms with van der Waals surface area (Å²) in [5, 5.41) is 16.6. The van der Waals surface area contributed by atoms with E-state index < -0.39 is 6.10 Å². The number of halogens is 2. The van der Waals surface area contributed by atoms with Gasteiger partial charge in [0.2, 0.25) is 0 Å². The number of nitrogens with zero attached hydrogens (tertiary/aromatic N) is 6. The fraction of sp³-hybridized carbons (Fsp3) is 0.419. The van der Waals surface area contributed by atoms with E-state index in [1.807, 2.05) is 35.9 Å². The number of ether oxygens (including phenoxy) is 3. The highest BCUT2D eigenvalue weighted by Gasteiger charge is 2.53. The lowest BCUT2D eigenvalue weighted by Gasteiger charge is -2.41. The Morgan fingerprint density at radius 2 is 1.90 bits per heavy atom. The van der Waals surface area contributed by atoms with E-state index in [2.05, 4.69) is 16.0 Å². The van der Waals surface area contributed by atoms with E-state index in [1.54, 1.807) is 19.5 Å². The molecule has 3 aliphatic rings. The summed E-state index contributed by atoms with van der Waals surface area (Å²) in [4.78, 5) is 11.3. The Morgan fingerprint density at radius 1 is 1.12 bits per heavy atom. The second kappa shape index (κ2) is 10.6. The first-order valence-electron chi connectivity index (χ1n) is 14.2. The molecule has 216 valence electrons. The smallest absolute Gasteiger partial charge is 0.162 e. The van der Waals surface area contributed by atoms with Crippen LogP contribution in [0.1, 0.15) is 62.5 Å². The van der Waals surface area contributed by atoms with Gasteiger partial charge in [-0.1, -0.05) is 23.2 Å². The van der Waals surface area contributed by atoms with Gasteiger partial charge in [0, 0.05) is 54.5 Å². The molecule has 1 saturated carbocycles. The van der Waals surface area contributed by atoms with Gasteiger partial charge in [0.25, 0.3) is 0 Å². The van der Waals surface area contributed by atoms with E-state index in [1.165, 1.54) is 12.8 Å². The van der Waals surface area contributed by atoms with Gasteiger partial charge in [-0.3, -0.25) is 4.98 Å². The van der Waals surface area contributed by atoms with Crippen molar-refractivity contribution in [1.29, 1.82) is 5.26 Å². The van der Waals surface area contributed by atoms with Gasteiger partial charge in [0.05, 0.1) is 33.9 Å². The van der Waals surface area contributed by atoms with Crippen LogP contribution >= 0.6 is 23.2 Å². The van der Waals surface area contributed by atoms with Gasteiger partial charge in [-0.05, 0) is 57.2 Å². The van der Waals surface area contributed by atoms with Crippen molar-refractivity contribution in [3.05, 3.63) is 57.8 Å². The van der Waals surface area contributed by atoms with Crippen molar-refractivity contribution in [1.82, 2.24) is 19.7 Å². The van der Waals surface area contributed by atoms with E-state index in [9.17, 15) is 5.26 Å². The Hall–Kier alpha value is -3.58. The number of nitriles is 1. The molecule has 0 amide bonds. The van der Waals surface area contributed by atoms with Gasteiger partial charge >= 0.3 is 0 Å². The maximum Gasteiger partial charge on any atom is 0.162 e. The Balaban J connectivity index is 1.34. The van der Waals surface area contributed by atoms with Crippen LogP contribution in [0, 0.1) is 16.7 Å². The standard InChI is InChI=1S/C31H30Cl2N6O3/c1-18(28-21(32)14-35-15-22(28)33)42-26-11-20-24(12-25(26)40-2)39(27-5-3-4-10-41-27)37-29(20)23-7-6-19(13-34)30(36-23)38-16-31(17-38)8-9-31/h6-7,11-12,14-15,18,27H,3-5,8-10,16-17H2,1-2H3/t18-,27?/m1/s1. The molecule has 2 aliphatic heterocycles. The van der Waals surface area contributed by atoms with Gasteiger partial charge in [0.1, 0.15) is 23.7 Å². The minimum atomic E-state index is -0.486. The molecule has 5 heterocycles. The molecule has 3 fully saturated rings. The van der Waals surface area contributed by atoms with Crippen molar-refractivity contribution in [2.24, 2.45) is 5.41 Å². The van der Waals surface area contributed by atoms with E-state index >= 15 is 0 Å². The minimum absolute atomic E-state index is 0.206. The summed E-state index contributed by atoms with van der Waals surface area (Å²) in [5.41, 5.74) is 3.86. The van der Waals surface area contributed by atoms with Gasteiger partial charge < -0.3 is 19.1 Å². The number of anilines is 1. The second-order valence-corrected chi connectivity index (χ2v) is 12.3. The van der Waals surface area contributed by atoms with E-state index in [-0.39, 0.29) is 6.23 Å². The molecule has 0 radical (unpaired) electrons. The van der Waals surface area contributed by atoms with Crippen LogP contribution in [0.5, 0.6) is 11.5 Å². The monoisotopic (exact) mass is 604 g/mol. The summed E-state index contributed by atoms with van der Waals surface area (Å²) < 4.78 is 20.3. The van der Waals surface area contributed by atoms with Crippen LogP contribution in [0.15, 0.2) is 36.7 Å². The van der Waals surface area contributed by atoms with Crippen LogP contribution in [-0.4, -0.2) is 46.6 Å². The molecular formula is C31H30Cl2N6O3. The SMILES string of the molecule is COc1cc2c(cc1O[C@H](C)c1c(Cl)cncc1Cl)c(-c1ccc(C#N)c(N3CC4(CC4)C3)n1)nn2C1CCCCO1. The summed E-state index contributed by atoms with van der Waals surface area (Å²) in [6.07, 6.45) is 7.85. The molecule has 1 unspecified atom stereocenters. The molecule has 3 aromatic heterocycles. The van der Waals surface area contributed by atoms with Crippen LogP contribution in [-0.2, 0) is 4.74 Å². The van der Waals surface area contributed by atoms with E-state index in [0.29, 0.717) is 61.9 Å². The van der Waals surface area contributed by atoms with Crippen LogP contribution in [0.2, 0.25) is 10.0 Å². The molecule has 0 bridgehead atoms. The van der Waals surface area contributed by atoms with Gasteiger partial charge in [-0.15, -0.1) is 0 Å². The summed E-state index contributed by atoms with van der Waals surface area (Å²) in [6, 6.07) is 9.89. The fourth-order valence-electron chi connectivity index (χ4n) is 6.09. The lowest BCUT2D eigenvalue weighted by molar-refractivity contribution is -0.0365.